The standard InChI is InChI=1S/C14H13N5O3S/c1-23(21,22)14-12(13-16-18-19-17-13)11(6-7-15-14)10-4-2-9(8-20)3-5-10/h2-7,20H,8H2,1H3,(H,16,17,18,19). The molecule has 0 saturated heterocycles. The van der Waals surface area contributed by atoms with Crippen molar-refractivity contribution >= 4 is 9.84 Å². The minimum absolute atomic E-state index is 0.0654. The topological polar surface area (TPSA) is 122 Å². The van der Waals surface area contributed by atoms with Crippen LogP contribution in [-0.2, 0) is 16.4 Å². The smallest absolute Gasteiger partial charge is 0.193 e. The Balaban J connectivity index is 2.28. The van der Waals surface area contributed by atoms with Gasteiger partial charge in [-0.1, -0.05) is 24.3 Å². The van der Waals surface area contributed by atoms with Crippen molar-refractivity contribution in [2.45, 2.75) is 11.6 Å². The van der Waals surface area contributed by atoms with Gasteiger partial charge in [0.1, 0.15) is 0 Å². The molecule has 0 fully saturated rings. The second-order valence-electron chi connectivity index (χ2n) is 4.92. The quantitative estimate of drug-likeness (QED) is 0.726. The summed E-state index contributed by atoms with van der Waals surface area (Å²) in [5.74, 6) is 0.222. The molecule has 3 aromatic rings. The zero-order chi connectivity index (χ0) is 16.4. The fourth-order valence-corrected chi connectivity index (χ4v) is 3.08. The second-order valence-corrected chi connectivity index (χ2v) is 6.85. The third-order valence-corrected chi connectivity index (χ3v) is 4.31. The maximum Gasteiger partial charge on any atom is 0.193 e. The number of hydrogen-bond acceptors (Lipinski definition) is 7. The maximum absolute atomic E-state index is 12.1. The first kappa shape index (κ1) is 15.3. The second kappa shape index (κ2) is 5.86. The first-order valence-electron chi connectivity index (χ1n) is 6.64. The van der Waals surface area contributed by atoms with Gasteiger partial charge in [-0.05, 0) is 33.2 Å². The lowest BCUT2D eigenvalue weighted by Crippen LogP contribution is -2.05. The zero-order valence-electron chi connectivity index (χ0n) is 12.1. The molecule has 1 aromatic carbocycles. The highest BCUT2D eigenvalue weighted by molar-refractivity contribution is 7.90. The van der Waals surface area contributed by atoms with E-state index in [1.165, 1.54) is 6.20 Å². The highest BCUT2D eigenvalue weighted by Gasteiger charge is 2.23. The molecule has 0 bridgehead atoms. The van der Waals surface area contributed by atoms with Crippen molar-refractivity contribution in [2.24, 2.45) is 0 Å². The number of nitrogens with one attached hydrogen (secondary N) is 1. The lowest BCUT2D eigenvalue weighted by atomic mass is 10.0. The molecule has 0 saturated carbocycles. The highest BCUT2D eigenvalue weighted by atomic mass is 32.2. The molecule has 0 unspecified atom stereocenters. The molecule has 2 aromatic heterocycles. The van der Waals surface area contributed by atoms with Crippen LogP contribution in [0.4, 0.5) is 0 Å². The third kappa shape index (κ3) is 2.96. The minimum Gasteiger partial charge on any atom is -0.392 e. The Morgan fingerprint density at radius 1 is 1.17 bits per heavy atom. The van der Waals surface area contributed by atoms with Crippen molar-refractivity contribution in [1.82, 2.24) is 25.6 Å². The van der Waals surface area contributed by atoms with Crippen LogP contribution in [0.25, 0.3) is 22.5 Å². The summed E-state index contributed by atoms with van der Waals surface area (Å²) in [6.45, 7) is -0.0654. The van der Waals surface area contributed by atoms with Gasteiger partial charge in [-0.25, -0.2) is 18.5 Å². The number of sulfone groups is 1. The van der Waals surface area contributed by atoms with Crippen molar-refractivity contribution in [3.63, 3.8) is 0 Å². The molecule has 9 heteroatoms. The molecular weight excluding hydrogens is 318 g/mol. The van der Waals surface area contributed by atoms with Crippen molar-refractivity contribution in [3.8, 4) is 22.5 Å². The van der Waals surface area contributed by atoms with Crippen LogP contribution in [-0.4, -0.2) is 45.4 Å². The average Bonchev–Trinajstić information content (AvgIpc) is 3.07. The highest BCUT2D eigenvalue weighted by Crippen LogP contribution is 2.33. The van der Waals surface area contributed by atoms with E-state index in [9.17, 15) is 8.42 Å². The van der Waals surface area contributed by atoms with E-state index >= 15 is 0 Å². The van der Waals surface area contributed by atoms with Gasteiger partial charge in [-0.2, -0.15) is 0 Å². The van der Waals surface area contributed by atoms with Gasteiger partial charge in [0, 0.05) is 12.5 Å². The lowest BCUT2D eigenvalue weighted by Gasteiger charge is -2.11. The molecule has 0 aliphatic carbocycles. The van der Waals surface area contributed by atoms with Crippen LogP contribution in [0.3, 0.4) is 0 Å². The van der Waals surface area contributed by atoms with Gasteiger partial charge in [0.25, 0.3) is 0 Å². The molecule has 0 aliphatic heterocycles. The fraction of sp³-hybridized carbons (Fsp3) is 0.143. The number of rotatable bonds is 4. The van der Waals surface area contributed by atoms with Crippen molar-refractivity contribution in [3.05, 3.63) is 42.1 Å². The van der Waals surface area contributed by atoms with Gasteiger partial charge in [-0.3, -0.25) is 0 Å². The molecule has 2 N–H and O–H groups in total. The van der Waals surface area contributed by atoms with Crippen molar-refractivity contribution in [1.29, 1.82) is 0 Å². The molecule has 0 radical (unpaired) electrons. The molecule has 0 atom stereocenters. The number of aliphatic hydroxyl groups excluding tert-OH is 1. The number of aromatic amines is 1. The summed E-state index contributed by atoms with van der Waals surface area (Å²) in [7, 11) is -3.57. The number of hydrogen-bond donors (Lipinski definition) is 2. The van der Waals surface area contributed by atoms with Crippen LogP contribution >= 0.6 is 0 Å². The molecule has 8 nitrogen and oxygen atoms in total. The SMILES string of the molecule is CS(=O)(=O)c1nccc(-c2ccc(CO)cc2)c1-c1nnn[nH]1. The number of tetrazole rings is 1. The Hall–Kier alpha value is -2.65. The predicted molar refractivity (Wildman–Crippen MR) is 81.9 cm³/mol. The summed E-state index contributed by atoms with van der Waals surface area (Å²) in [4.78, 5) is 3.98. The molecule has 0 amide bonds. The largest absolute Gasteiger partial charge is 0.392 e. The summed E-state index contributed by atoms with van der Waals surface area (Å²) in [6, 6.07) is 8.80. The van der Waals surface area contributed by atoms with Crippen LogP contribution in [0.1, 0.15) is 5.56 Å². The van der Waals surface area contributed by atoms with E-state index in [1.807, 2.05) is 0 Å². The van der Waals surface area contributed by atoms with E-state index in [4.69, 9.17) is 5.11 Å². The molecule has 23 heavy (non-hydrogen) atoms. The summed E-state index contributed by atoms with van der Waals surface area (Å²) >= 11 is 0. The number of benzene rings is 1. The maximum atomic E-state index is 12.1. The molecule has 3 rings (SSSR count). The zero-order valence-corrected chi connectivity index (χ0v) is 12.9. The van der Waals surface area contributed by atoms with Crippen LogP contribution < -0.4 is 0 Å². The number of aliphatic hydroxyl groups is 1. The lowest BCUT2D eigenvalue weighted by molar-refractivity contribution is 0.282. The van der Waals surface area contributed by atoms with Crippen LogP contribution in [0.5, 0.6) is 0 Å². The number of nitrogens with zero attached hydrogens (tertiary/aromatic N) is 4. The van der Waals surface area contributed by atoms with Gasteiger partial charge < -0.3 is 5.11 Å². The van der Waals surface area contributed by atoms with Crippen molar-refractivity contribution < 1.29 is 13.5 Å². The van der Waals surface area contributed by atoms with E-state index < -0.39 is 9.84 Å². The Morgan fingerprint density at radius 3 is 2.48 bits per heavy atom. The monoisotopic (exact) mass is 331 g/mol. The fourth-order valence-electron chi connectivity index (χ4n) is 2.25. The van der Waals surface area contributed by atoms with Crippen molar-refractivity contribution in [2.75, 3.05) is 6.26 Å². The Labute approximate surface area is 132 Å². The Kier molecular flexibility index (Phi) is 3.89. The van der Waals surface area contributed by atoms with E-state index in [2.05, 4.69) is 25.6 Å². The normalized spacial score (nSPS) is 11.6. The first-order valence-corrected chi connectivity index (χ1v) is 8.53. The summed E-state index contributed by atoms with van der Waals surface area (Å²) < 4.78 is 24.1. The number of pyridine rings is 1. The van der Waals surface area contributed by atoms with Gasteiger partial charge in [0.05, 0.1) is 12.2 Å². The average molecular weight is 331 g/mol. The molecule has 2 heterocycles. The van der Waals surface area contributed by atoms with E-state index in [1.54, 1.807) is 30.3 Å². The molecular formula is C14H13N5O3S. The molecule has 118 valence electrons. The molecule has 0 spiro atoms. The van der Waals surface area contributed by atoms with Gasteiger partial charge in [0.2, 0.25) is 0 Å². The van der Waals surface area contributed by atoms with Crippen LogP contribution in [0, 0.1) is 0 Å². The van der Waals surface area contributed by atoms with E-state index in [0.29, 0.717) is 11.1 Å². The van der Waals surface area contributed by atoms with Gasteiger partial charge in [0.15, 0.2) is 20.7 Å². The summed E-state index contributed by atoms with van der Waals surface area (Å²) in [5.41, 5.74) is 2.47. The predicted octanol–water partition coefficient (Wildman–Crippen LogP) is 0.824. The number of H-pyrrole nitrogens is 1. The van der Waals surface area contributed by atoms with E-state index in [-0.39, 0.29) is 17.5 Å². The molecule has 0 aliphatic rings. The summed E-state index contributed by atoms with van der Waals surface area (Å²) in [5, 5.41) is 22.5. The van der Waals surface area contributed by atoms with Crippen LogP contribution in [0.2, 0.25) is 0 Å². The third-order valence-electron chi connectivity index (χ3n) is 3.30. The first-order chi connectivity index (χ1) is 11.0. The van der Waals surface area contributed by atoms with Gasteiger partial charge in [-0.15, -0.1) is 5.10 Å². The van der Waals surface area contributed by atoms with Crippen LogP contribution in [0.15, 0.2) is 41.6 Å². The Bertz CT molecular complexity index is 922. The van der Waals surface area contributed by atoms with E-state index in [0.717, 1.165) is 17.4 Å². The Morgan fingerprint density at radius 2 is 1.91 bits per heavy atom. The van der Waals surface area contributed by atoms with Gasteiger partial charge >= 0.3 is 0 Å². The summed E-state index contributed by atoms with van der Waals surface area (Å²) in [6.07, 6.45) is 2.51. The number of aromatic nitrogens is 5. The minimum atomic E-state index is -3.57.